The Morgan fingerprint density at radius 3 is 2.48 bits per heavy atom. The first-order valence-corrected chi connectivity index (χ1v) is 8.66. The second-order valence-corrected chi connectivity index (χ2v) is 6.67. The molecule has 1 heterocycles. The molecular weight excluding hydrogens is 381 g/mol. The van der Waals surface area contributed by atoms with E-state index in [4.69, 9.17) is 4.42 Å². The number of hydrogen-bond acceptors (Lipinski definition) is 6. The molecular formula is C18H13F3N2O3S. The highest BCUT2D eigenvalue weighted by molar-refractivity contribution is 8.00. The van der Waals surface area contributed by atoms with E-state index in [0.29, 0.717) is 5.56 Å². The average molecular weight is 394 g/mol. The Morgan fingerprint density at radius 1 is 1.11 bits per heavy atom. The number of alkyl halides is 2. The van der Waals surface area contributed by atoms with Crippen LogP contribution in [0.25, 0.3) is 11.5 Å². The summed E-state index contributed by atoms with van der Waals surface area (Å²) in [5.74, 6) is -0.765. The van der Waals surface area contributed by atoms with Gasteiger partial charge >= 0.3 is 6.61 Å². The van der Waals surface area contributed by atoms with Gasteiger partial charge in [0.15, 0.2) is 5.78 Å². The molecule has 0 N–H and O–H groups in total. The first kappa shape index (κ1) is 19.0. The van der Waals surface area contributed by atoms with Crippen molar-refractivity contribution in [1.29, 1.82) is 0 Å². The van der Waals surface area contributed by atoms with Crippen LogP contribution in [0, 0.1) is 5.82 Å². The summed E-state index contributed by atoms with van der Waals surface area (Å²) in [6.45, 7) is -1.29. The van der Waals surface area contributed by atoms with Gasteiger partial charge in [0, 0.05) is 5.56 Å². The van der Waals surface area contributed by atoms with Crippen molar-refractivity contribution < 1.29 is 27.1 Å². The molecule has 1 atom stereocenters. The maximum atomic E-state index is 13.8. The van der Waals surface area contributed by atoms with Crippen LogP contribution in [0.4, 0.5) is 13.2 Å². The van der Waals surface area contributed by atoms with E-state index in [0.717, 1.165) is 11.8 Å². The molecule has 9 heteroatoms. The van der Waals surface area contributed by atoms with Crippen molar-refractivity contribution in [3.8, 4) is 17.2 Å². The molecule has 0 saturated carbocycles. The van der Waals surface area contributed by atoms with Gasteiger partial charge in [-0.05, 0) is 43.3 Å². The van der Waals surface area contributed by atoms with Crippen LogP contribution in [0.3, 0.4) is 0 Å². The van der Waals surface area contributed by atoms with E-state index in [1.165, 1.54) is 36.4 Å². The van der Waals surface area contributed by atoms with Crippen LogP contribution in [0.1, 0.15) is 17.3 Å². The minimum Gasteiger partial charge on any atom is -0.435 e. The van der Waals surface area contributed by atoms with Gasteiger partial charge in [-0.15, -0.1) is 10.2 Å². The predicted molar refractivity (Wildman–Crippen MR) is 92.4 cm³/mol. The van der Waals surface area contributed by atoms with Crippen LogP contribution in [-0.4, -0.2) is 27.8 Å². The smallest absolute Gasteiger partial charge is 0.387 e. The standard InChI is InChI=1S/C18H13F3N2O3S/c1-10(15(24)11-6-8-12(9-7-11)25-17(20)21)27-18-23-22-16(26-18)13-4-2-3-5-14(13)19/h2-10,17H,1H3/t10-/m1/s1. The number of Topliss-reactive ketones (excluding diaryl/α,β-unsaturated/α-hetero) is 1. The minimum atomic E-state index is -2.93. The van der Waals surface area contributed by atoms with E-state index in [-0.39, 0.29) is 28.2 Å². The summed E-state index contributed by atoms with van der Waals surface area (Å²) in [6, 6.07) is 11.4. The van der Waals surface area contributed by atoms with E-state index >= 15 is 0 Å². The molecule has 1 aromatic heterocycles. The Hall–Kier alpha value is -2.81. The Labute approximate surface area is 156 Å². The molecule has 0 saturated heterocycles. The lowest BCUT2D eigenvalue weighted by atomic mass is 10.1. The van der Waals surface area contributed by atoms with E-state index in [1.54, 1.807) is 19.1 Å². The summed E-state index contributed by atoms with van der Waals surface area (Å²) in [7, 11) is 0. The van der Waals surface area contributed by atoms with E-state index in [2.05, 4.69) is 14.9 Å². The van der Waals surface area contributed by atoms with Crippen LogP contribution in [0.15, 0.2) is 58.2 Å². The van der Waals surface area contributed by atoms with Crippen LogP contribution in [-0.2, 0) is 0 Å². The highest BCUT2D eigenvalue weighted by atomic mass is 32.2. The third-order valence-corrected chi connectivity index (χ3v) is 4.46. The van der Waals surface area contributed by atoms with Gasteiger partial charge in [-0.25, -0.2) is 4.39 Å². The number of carbonyl (C=O) groups excluding carboxylic acids is 1. The first-order chi connectivity index (χ1) is 12.9. The lowest BCUT2D eigenvalue weighted by Gasteiger charge is -2.09. The summed E-state index contributed by atoms with van der Waals surface area (Å²) in [6.07, 6.45) is 0. The summed E-state index contributed by atoms with van der Waals surface area (Å²) in [5.41, 5.74) is 0.496. The number of carbonyl (C=O) groups is 1. The molecule has 0 spiro atoms. The highest BCUT2D eigenvalue weighted by Crippen LogP contribution is 2.29. The topological polar surface area (TPSA) is 65.2 Å². The largest absolute Gasteiger partial charge is 0.435 e. The number of hydrogen-bond donors (Lipinski definition) is 0. The maximum Gasteiger partial charge on any atom is 0.387 e. The first-order valence-electron chi connectivity index (χ1n) is 7.78. The monoisotopic (exact) mass is 394 g/mol. The molecule has 3 aromatic rings. The molecule has 0 radical (unpaired) electrons. The van der Waals surface area contributed by atoms with Gasteiger partial charge < -0.3 is 9.15 Å². The molecule has 0 aliphatic heterocycles. The van der Waals surface area contributed by atoms with Crippen molar-refractivity contribution >= 4 is 17.5 Å². The van der Waals surface area contributed by atoms with Crippen molar-refractivity contribution in [2.24, 2.45) is 0 Å². The number of nitrogens with zero attached hydrogens (tertiary/aromatic N) is 2. The average Bonchev–Trinajstić information content (AvgIpc) is 3.10. The van der Waals surface area contributed by atoms with E-state index in [9.17, 15) is 18.0 Å². The fraction of sp³-hybridized carbons (Fsp3) is 0.167. The summed E-state index contributed by atoms with van der Waals surface area (Å²) in [4.78, 5) is 12.5. The van der Waals surface area contributed by atoms with Crippen molar-refractivity contribution in [3.63, 3.8) is 0 Å². The molecule has 0 aliphatic rings. The van der Waals surface area contributed by atoms with Crippen molar-refractivity contribution in [3.05, 3.63) is 59.9 Å². The Kier molecular flexibility index (Phi) is 5.80. The molecule has 0 aliphatic carbocycles. The quantitative estimate of drug-likeness (QED) is 0.422. The lowest BCUT2D eigenvalue weighted by Crippen LogP contribution is -2.13. The summed E-state index contributed by atoms with van der Waals surface area (Å²) >= 11 is 1.02. The number of ketones is 1. The number of benzene rings is 2. The Morgan fingerprint density at radius 2 is 1.81 bits per heavy atom. The van der Waals surface area contributed by atoms with Crippen LogP contribution in [0.5, 0.6) is 5.75 Å². The normalized spacial score (nSPS) is 12.2. The SMILES string of the molecule is C[C@@H](Sc1nnc(-c2ccccc2F)o1)C(=O)c1ccc(OC(F)F)cc1. The zero-order valence-electron chi connectivity index (χ0n) is 13.9. The van der Waals surface area contributed by atoms with Crippen molar-refractivity contribution in [2.75, 3.05) is 0 Å². The van der Waals surface area contributed by atoms with Gasteiger partial charge in [0.1, 0.15) is 11.6 Å². The molecule has 0 amide bonds. The van der Waals surface area contributed by atoms with Gasteiger partial charge in [-0.3, -0.25) is 4.79 Å². The zero-order chi connectivity index (χ0) is 19.4. The van der Waals surface area contributed by atoms with Crippen LogP contribution in [0.2, 0.25) is 0 Å². The molecule has 0 bridgehead atoms. The molecule has 5 nitrogen and oxygen atoms in total. The van der Waals surface area contributed by atoms with Gasteiger partial charge in [0.2, 0.25) is 0 Å². The molecule has 2 aromatic carbocycles. The van der Waals surface area contributed by atoms with Gasteiger partial charge in [-0.1, -0.05) is 23.9 Å². The van der Waals surface area contributed by atoms with Crippen molar-refractivity contribution in [1.82, 2.24) is 10.2 Å². The van der Waals surface area contributed by atoms with Gasteiger partial charge in [-0.2, -0.15) is 8.78 Å². The van der Waals surface area contributed by atoms with Crippen molar-refractivity contribution in [2.45, 2.75) is 24.0 Å². The minimum absolute atomic E-state index is 0.0174. The molecule has 140 valence electrons. The Bertz CT molecular complexity index is 932. The fourth-order valence-electron chi connectivity index (χ4n) is 2.24. The zero-order valence-corrected chi connectivity index (χ0v) is 14.8. The summed E-state index contributed by atoms with van der Waals surface area (Å²) < 4.78 is 47.7. The molecule has 0 fully saturated rings. The maximum absolute atomic E-state index is 13.8. The third kappa shape index (κ3) is 4.68. The van der Waals surface area contributed by atoms with Crippen LogP contribution < -0.4 is 4.74 Å². The number of rotatable bonds is 7. The Balaban J connectivity index is 1.67. The number of ether oxygens (including phenoxy) is 1. The molecule has 27 heavy (non-hydrogen) atoms. The van der Waals surface area contributed by atoms with Gasteiger partial charge in [0.05, 0.1) is 10.8 Å². The lowest BCUT2D eigenvalue weighted by molar-refractivity contribution is -0.0498. The number of thioether (sulfide) groups is 1. The fourth-order valence-corrected chi connectivity index (χ4v) is 3.00. The molecule has 0 unspecified atom stereocenters. The predicted octanol–water partition coefficient (Wildman–Crippen LogP) is 4.84. The molecule has 3 rings (SSSR count). The second-order valence-electron chi connectivity index (χ2n) is 5.38. The van der Waals surface area contributed by atoms with Crippen LogP contribution >= 0.6 is 11.8 Å². The third-order valence-electron chi connectivity index (χ3n) is 3.52. The van der Waals surface area contributed by atoms with E-state index < -0.39 is 17.7 Å². The highest BCUT2D eigenvalue weighted by Gasteiger charge is 2.21. The second kappa shape index (κ2) is 8.26. The number of halogens is 3. The summed E-state index contributed by atoms with van der Waals surface area (Å²) in [5, 5.41) is 7.15. The number of aromatic nitrogens is 2. The van der Waals surface area contributed by atoms with Gasteiger partial charge in [0.25, 0.3) is 11.1 Å². The van der Waals surface area contributed by atoms with E-state index in [1.807, 2.05) is 0 Å².